The van der Waals surface area contributed by atoms with Crippen LogP contribution in [0.3, 0.4) is 0 Å². The number of nitrogens with one attached hydrogen (secondary N) is 1. The van der Waals surface area contributed by atoms with Crippen molar-refractivity contribution >= 4 is 11.8 Å². The molecule has 132 valence electrons. The SMILES string of the molecule is COCCNC(=O)c1cn(CC2CCCN2C(=O)CC2CC2)nn1. The molecule has 1 N–H and O–H groups in total. The Hall–Kier alpha value is -1.96. The van der Waals surface area contributed by atoms with E-state index in [0.29, 0.717) is 37.7 Å². The highest BCUT2D eigenvalue weighted by molar-refractivity contribution is 5.91. The summed E-state index contributed by atoms with van der Waals surface area (Å²) >= 11 is 0. The molecule has 24 heavy (non-hydrogen) atoms. The number of nitrogens with zero attached hydrogens (tertiary/aromatic N) is 4. The maximum atomic E-state index is 12.4. The Morgan fingerprint density at radius 1 is 1.38 bits per heavy atom. The first kappa shape index (κ1) is 16.9. The molecule has 2 fully saturated rings. The molecule has 1 aromatic rings. The van der Waals surface area contributed by atoms with Gasteiger partial charge in [-0.05, 0) is 31.6 Å². The first-order chi connectivity index (χ1) is 11.7. The average molecular weight is 335 g/mol. The molecule has 8 nitrogen and oxygen atoms in total. The van der Waals surface area contributed by atoms with Crippen LogP contribution in [-0.4, -0.2) is 64.6 Å². The summed E-state index contributed by atoms with van der Waals surface area (Å²) in [6, 6.07) is 0.155. The predicted molar refractivity (Wildman–Crippen MR) is 86.3 cm³/mol. The van der Waals surface area contributed by atoms with Gasteiger partial charge in [0, 0.05) is 26.6 Å². The molecule has 2 aliphatic rings. The molecule has 8 heteroatoms. The number of hydrogen-bond donors (Lipinski definition) is 1. The highest BCUT2D eigenvalue weighted by Crippen LogP contribution is 2.34. The van der Waals surface area contributed by atoms with Crippen molar-refractivity contribution < 1.29 is 14.3 Å². The van der Waals surface area contributed by atoms with Crippen LogP contribution in [0.25, 0.3) is 0 Å². The predicted octanol–water partition coefficient (Wildman–Crippen LogP) is 0.445. The molecule has 1 aliphatic carbocycles. The molecule has 2 amide bonds. The quantitative estimate of drug-likeness (QED) is 0.697. The fourth-order valence-corrected chi connectivity index (χ4v) is 3.10. The second-order valence-corrected chi connectivity index (χ2v) is 6.61. The lowest BCUT2D eigenvalue weighted by molar-refractivity contribution is -0.132. The zero-order valence-corrected chi connectivity index (χ0v) is 14.1. The topological polar surface area (TPSA) is 89.4 Å². The van der Waals surface area contributed by atoms with Gasteiger partial charge in [0.2, 0.25) is 5.91 Å². The molecule has 0 spiro atoms. The standard InChI is InChI=1S/C16H25N5O3/c1-24-8-6-17-16(23)14-11-20(19-18-14)10-13-3-2-7-21(13)15(22)9-12-4-5-12/h11-13H,2-10H2,1H3,(H,17,23). The highest BCUT2D eigenvalue weighted by atomic mass is 16.5. The Labute approximate surface area is 141 Å². The minimum atomic E-state index is -0.258. The maximum absolute atomic E-state index is 12.4. The number of methoxy groups -OCH3 is 1. The van der Waals surface area contributed by atoms with E-state index in [2.05, 4.69) is 15.6 Å². The van der Waals surface area contributed by atoms with Crippen molar-refractivity contribution in [1.82, 2.24) is 25.2 Å². The zero-order valence-electron chi connectivity index (χ0n) is 14.1. The summed E-state index contributed by atoms with van der Waals surface area (Å²) in [6.45, 7) is 2.32. The molecule has 0 radical (unpaired) electrons. The molecule has 1 unspecified atom stereocenters. The van der Waals surface area contributed by atoms with Crippen LogP contribution in [0.2, 0.25) is 0 Å². The Bertz CT molecular complexity index is 584. The third-order valence-electron chi connectivity index (χ3n) is 4.62. The number of aromatic nitrogens is 3. The molecular formula is C16H25N5O3. The van der Waals surface area contributed by atoms with Gasteiger partial charge in [0.1, 0.15) is 0 Å². The molecule has 2 heterocycles. The number of likely N-dealkylation sites (tertiary alicyclic amines) is 1. The lowest BCUT2D eigenvalue weighted by Crippen LogP contribution is -2.38. The Morgan fingerprint density at radius 3 is 2.96 bits per heavy atom. The Balaban J connectivity index is 1.53. The van der Waals surface area contributed by atoms with Gasteiger partial charge in [-0.15, -0.1) is 5.10 Å². The van der Waals surface area contributed by atoms with Crippen LogP contribution in [-0.2, 0) is 16.1 Å². The second-order valence-electron chi connectivity index (χ2n) is 6.61. The van der Waals surface area contributed by atoms with E-state index in [1.807, 2.05) is 4.90 Å². The van der Waals surface area contributed by atoms with Crippen LogP contribution in [0.1, 0.15) is 42.6 Å². The first-order valence-electron chi connectivity index (χ1n) is 8.64. The normalized spacial score (nSPS) is 20.4. The number of carbonyl (C=O) groups excluding carboxylic acids is 2. The number of rotatable bonds is 8. The van der Waals surface area contributed by atoms with Crippen LogP contribution >= 0.6 is 0 Å². The van der Waals surface area contributed by atoms with Crippen molar-refractivity contribution in [3.63, 3.8) is 0 Å². The van der Waals surface area contributed by atoms with E-state index in [1.54, 1.807) is 18.0 Å². The summed E-state index contributed by atoms with van der Waals surface area (Å²) in [6.07, 6.45) is 6.71. The van der Waals surface area contributed by atoms with E-state index < -0.39 is 0 Å². The van der Waals surface area contributed by atoms with Gasteiger partial charge < -0.3 is 15.0 Å². The van der Waals surface area contributed by atoms with Gasteiger partial charge in [-0.1, -0.05) is 5.21 Å². The van der Waals surface area contributed by atoms with Gasteiger partial charge in [0.25, 0.3) is 5.91 Å². The molecule has 3 rings (SSSR count). The van der Waals surface area contributed by atoms with Gasteiger partial charge >= 0.3 is 0 Å². The summed E-state index contributed by atoms with van der Waals surface area (Å²) in [5.41, 5.74) is 0.292. The third kappa shape index (κ3) is 4.31. The van der Waals surface area contributed by atoms with Crippen molar-refractivity contribution in [3.05, 3.63) is 11.9 Å². The molecule has 1 aliphatic heterocycles. The fourth-order valence-electron chi connectivity index (χ4n) is 3.10. The summed E-state index contributed by atoms with van der Waals surface area (Å²) in [4.78, 5) is 26.3. The highest BCUT2D eigenvalue weighted by Gasteiger charge is 2.33. The van der Waals surface area contributed by atoms with Crippen LogP contribution in [0.5, 0.6) is 0 Å². The van der Waals surface area contributed by atoms with Crippen LogP contribution < -0.4 is 5.32 Å². The van der Waals surface area contributed by atoms with Gasteiger partial charge in [0.15, 0.2) is 5.69 Å². The minimum absolute atomic E-state index is 0.155. The molecule has 1 atom stereocenters. The van der Waals surface area contributed by atoms with Crippen molar-refractivity contribution in [3.8, 4) is 0 Å². The smallest absolute Gasteiger partial charge is 0.273 e. The molecule has 1 aromatic heterocycles. The van der Waals surface area contributed by atoms with E-state index in [1.165, 1.54) is 12.8 Å². The number of ether oxygens (including phenoxy) is 1. The van der Waals surface area contributed by atoms with E-state index in [-0.39, 0.29) is 17.9 Å². The van der Waals surface area contributed by atoms with E-state index in [9.17, 15) is 9.59 Å². The first-order valence-corrected chi connectivity index (χ1v) is 8.64. The Morgan fingerprint density at radius 2 is 2.21 bits per heavy atom. The lowest BCUT2D eigenvalue weighted by Gasteiger charge is -2.24. The van der Waals surface area contributed by atoms with Gasteiger partial charge in [-0.2, -0.15) is 0 Å². The minimum Gasteiger partial charge on any atom is -0.383 e. The van der Waals surface area contributed by atoms with Crippen molar-refractivity contribution in [2.75, 3.05) is 26.8 Å². The lowest BCUT2D eigenvalue weighted by atomic mass is 10.2. The van der Waals surface area contributed by atoms with E-state index in [0.717, 1.165) is 19.4 Å². The average Bonchev–Trinajstić information content (AvgIpc) is 3.08. The molecule has 1 saturated heterocycles. The number of amides is 2. The molecule has 0 aromatic carbocycles. The van der Waals surface area contributed by atoms with Crippen molar-refractivity contribution in [2.24, 2.45) is 5.92 Å². The Kier molecular flexibility index (Phi) is 5.44. The molecule has 1 saturated carbocycles. The van der Waals surface area contributed by atoms with Crippen LogP contribution in [0.15, 0.2) is 6.20 Å². The van der Waals surface area contributed by atoms with Crippen molar-refractivity contribution in [1.29, 1.82) is 0 Å². The fraction of sp³-hybridized carbons (Fsp3) is 0.750. The van der Waals surface area contributed by atoms with E-state index in [4.69, 9.17) is 4.74 Å². The third-order valence-corrected chi connectivity index (χ3v) is 4.62. The monoisotopic (exact) mass is 335 g/mol. The largest absolute Gasteiger partial charge is 0.383 e. The second kappa shape index (κ2) is 7.74. The maximum Gasteiger partial charge on any atom is 0.273 e. The van der Waals surface area contributed by atoms with Gasteiger partial charge in [0.05, 0.1) is 25.4 Å². The van der Waals surface area contributed by atoms with Crippen molar-refractivity contribution in [2.45, 2.75) is 44.7 Å². The number of carbonyl (C=O) groups is 2. The van der Waals surface area contributed by atoms with Gasteiger partial charge in [-0.3, -0.25) is 9.59 Å². The molecule has 0 bridgehead atoms. The van der Waals surface area contributed by atoms with E-state index >= 15 is 0 Å². The number of hydrogen-bond acceptors (Lipinski definition) is 5. The molecular weight excluding hydrogens is 310 g/mol. The summed E-state index contributed by atoms with van der Waals surface area (Å²) in [7, 11) is 1.58. The zero-order chi connectivity index (χ0) is 16.9. The summed E-state index contributed by atoms with van der Waals surface area (Å²) in [5.74, 6) is 0.608. The van der Waals surface area contributed by atoms with Crippen LogP contribution in [0.4, 0.5) is 0 Å². The van der Waals surface area contributed by atoms with Crippen LogP contribution in [0, 0.1) is 5.92 Å². The summed E-state index contributed by atoms with van der Waals surface area (Å²) < 4.78 is 6.56. The van der Waals surface area contributed by atoms with Gasteiger partial charge in [-0.25, -0.2) is 4.68 Å². The summed E-state index contributed by atoms with van der Waals surface area (Å²) in [5, 5.41) is 10.7.